The fraction of sp³-hybridized carbons (Fsp3) is 0.455. The summed E-state index contributed by atoms with van der Waals surface area (Å²) in [6, 6.07) is 13.5. The Morgan fingerprint density at radius 3 is 2.50 bits per heavy atom. The largest absolute Gasteiger partial charge is 0.299 e. The molecule has 4 rings (SSSR count). The van der Waals surface area contributed by atoms with Gasteiger partial charge in [0.05, 0.1) is 0 Å². The van der Waals surface area contributed by atoms with Crippen molar-refractivity contribution >= 4 is 11.6 Å². The van der Waals surface area contributed by atoms with Gasteiger partial charge < -0.3 is 0 Å². The molecule has 1 heterocycles. The molecule has 1 saturated heterocycles. The van der Waals surface area contributed by atoms with E-state index in [1.807, 2.05) is 18.2 Å². The maximum Gasteiger partial charge on any atom is 0.123 e. The van der Waals surface area contributed by atoms with Crippen molar-refractivity contribution in [1.29, 1.82) is 0 Å². The van der Waals surface area contributed by atoms with Gasteiger partial charge in [0, 0.05) is 42.2 Å². The first-order valence-corrected chi connectivity index (χ1v) is 9.74. The minimum atomic E-state index is -0.191. The second-order valence-electron chi connectivity index (χ2n) is 8.30. The predicted molar refractivity (Wildman–Crippen MR) is 105 cm³/mol. The van der Waals surface area contributed by atoms with E-state index in [0.717, 1.165) is 36.6 Å². The molecule has 2 atom stereocenters. The fourth-order valence-corrected chi connectivity index (χ4v) is 4.88. The Balaban J connectivity index is 1.71. The summed E-state index contributed by atoms with van der Waals surface area (Å²) in [6.45, 7) is 7.79. The molecule has 1 fully saturated rings. The van der Waals surface area contributed by atoms with Crippen LogP contribution >= 0.6 is 11.6 Å². The molecule has 26 heavy (non-hydrogen) atoms. The summed E-state index contributed by atoms with van der Waals surface area (Å²) in [5.74, 6) is 0.0376. The predicted octanol–water partition coefficient (Wildman–Crippen LogP) is 5.08. The fourth-order valence-electron chi connectivity index (χ4n) is 4.57. The summed E-state index contributed by atoms with van der Waals surface area (Å²) in [4.78, 5) is 5.05. The van der Waals surface area contributed by atoms with Crippen LogP contribution in [-0.2, 0) is 0 Å². The number of hydrogen-bond donors (Lipinski definition) is 0. The Kier molecular flexibility index (Phi) is 4.58. The standard InChI is InChI=1S/C22H26ClFN2/c1-22(2)14-26(12-11-25(22)3)20-13-18(15-7-9-16(24)10-8-15)21-17(20)5-4-6-19(21)23/h4-10,18,20H,11-14H2,1-3H3/t18-,20+/m0/s1. The first-order valence-electron chi connectivity index (χ1n) is 9.36. The van der Waals surface area contributed by atoms with Crippen LogP contribution in [0.1, 0.15) is 48.9 Å². The highest BCUT2D eigenvalue weighted by Gasteiger charge is 2.41. The Hall–Kier alpha value is -1.42. The Bertz CT molecular complexity index is 802. The lowest BCUT2D eigenvalue weighted by Gasteiger charge is -2.47. The summed E-state index contributed by atoms with van der Waals surface area (Å²) in [5.41, 5.74) is 3.87. The van der Waals surface area contributed by atoms with Crippen molar-refractivity contribution in [3.05, 3.63) is 70.0 Å². The van der Waals surface area contributed by atoms with Crippen LogP contribution < -0.4 is 0 Å². The summed E-state index contributed by atoms with van der Waals surface area (Å²) in [5, 5.41) is 0.827. The zero-order valence-electron chi connectivity index (χ0n) is 15.7. The summed E-state index contributed by atoms with van der Waals surface area (Å²) in [7, 11) is 2.21. The van der Waals surface area contributed by atoms with E-state index in [1.54, 1.807) is 12.1 Å². The van der Waals surface area contributed by atoms with E-state index in [2.05, 4.69) is 42.8 Å². The zero-order valence-corrected chi connectivity index (χ0v) is 16.4. The number of fused-ring (bicyclic) bond motifs is 1. The lowest BCUT2D eigenvalue weighted by Crippen LogP contribution is -2.58. The summed E-state index contributed by atoms with van der Waals surface area (Å²) in [6.07, 6.45) is 1.00. The van der Waals surface area contributed by atoms with E-state index in [1.165, 1.54) is 11.1 Å². The lowest BCUT2D eigenvalue weighted by atomic mass is 9.92. The van der Waals surface area contributed by atoms with E-state index in [-0.39, 0.29) is 17.3 Å². The second-order valence-corrected chi connectivity index (χ2v) is 8.71. The van der Waals surface area contributed by atoms with Gasteiger partial charge in [0.25, 0.3) is 0 Å². The molecule has 2 nitrogen and oxygen atoms in total. The number of likely N-dealkylation sites (N-methyl/N-ethyl adjacent to an activating group) is 1. The van der Waals surface area contributed by atoms with Crippen molar-refractivity contribution in [2.24, 2.45) is 0 Å². The van der Waals surface area contributed by atoms with Gasteiger partial charge in [-0.2, -0.15) is 0 Å². The van der Waals surface area contributed by atoms with Crippen LogP contribution in [0.4, 0.5) is 4.39 Å². The average molecular weight is 373 g/mol. The van der Waals surface area contributed by atoms with Crippen LogP contribution in [0.25, 0.3) is 0 Å². The van der Waals surface area contributed by atoms with Gasteiger partial charge in [-0.15, -0.1) is 0 Å². The van der Waals surface area contributed by atoms with E-state index in [9.17, 15) is 4.39 Å². The number of piperazine rings is 1. The van der Waals surface area contributed by atoms with Crippen LogP contribution in [0.5, 0.6) is 0 Å². The molecule has 0 bridgehead atoms. The van der Waals surface area contributed by atoms with Gasteiger partial charge in [0.2, 0.25) is 0 Å². The number of hydrogen-bond acceptors (Lipinski definition) is 2. The maximum atomic E-state index is 13.4. The number of benzene rings is 2. The number of halogens is 2. The molecule has 2 aromatic rings. The Labute approximate surface area is 160 Å². The SMILES string of the molecule is CN1CCN([C@@H]2C[C@@H](c3ccc(F)cc3)c3c(Cl)cccc32)CC1(C)C. The van der Waals surface area contributed by atoms with Crippen molar-refractivity contribution in [1.82, 2.24) is 9.80 Å². The van der Waals surface area contributed by atoms with Crippen LogP contribution in [0.2, 0.25) is 5.02 Å². The highest BCUT2D eigenvalue weighted by molar-refractivity contribution is 6.31. The van der Waals surface area contributed by atoms with Crippen LogP contribution in [-0.4, -0.2) is 42.0 Å². The Morgan fingerprint density at radius 1 is 1.08 bits per heavy atom. The monoisotopic (exact) mass is 372 g/mol. The molecule has 4 heteroatoms. The van der Waals surface area contributed by atoms with Gasteiger partial charge in [-0.3, -0.25) is 9.80 Å². The third kappa shape index (κ3) is 3.06. The first kappa shape index (κ1) is 18.0. The molecule has 0 N–H and O–H groups in total. The molecular formula is C22H26ClFN2. The third-order valence-corrected chi connectivity index (χ3v) is 6.64. The van der Waals surface area contributed by atoms with Gasteiger partial charge in [0.1, 0.15) is 5.82 Å². The molecule has 2 aliphatic rings. The molecule has 1 aliphatic heterocycles. The molecular weight excluding hydrogens is 347 g/mol. The molecule has 0 spiro atoms. The van der Waals surface area contributed by atoms with E-state index in [0.29, 0.717) is 6.04 Å². The molecule has 0 aromatic heterocycles. The minimum absolute atomic E-state index is 0.158. The highest BCUT2D eigenvalue weighted by Crippen LogP contribution is 2.50. The lowest BCUT2D eigenvalue weighted by molar-refractivity contribution is 0.0158. The molecule has 0 radical (unpaired) electrons. The van der Waals surface area contributed by atoms with Crippen molar-refractivity contribution in [2.45, 2.75) is 37.8 Å². The van der Waals surface area contributed by atoms with Gasteiger partial charge in [0.15, 0.2) is 0 Å². The van der Waals surface area contributed by atoms with Crippen LogP contribution in [0, 0.1) is 5.82 Å². The van der Waals surface area contributed by atoms with Crippen molar-refractivity contribution in [2.75, 3.05) is 26.7 Å². The van der Waals surface area contributed by atoms with Crippen LogP contribution in [0.15, 0.2) is 42.5 Å². The van der Waals surface area contributed by atoms with Crippen molar-refractivity contribution < 1.29 is 4.39 Å². The Morgan fingerprint density at radius 2 is 1.81 bits per heavy atom. The second kappa shape index (κ2) is 6.63. The third-order valence-electron chi connectivity index (χ3n) is 6.31. The highest BCUT2D eigenvalue weighted by atomic mass is 35.5. The summed E-state index contributed by atoms with van der Waals surface area (Å²) < 4.78 is 13.4. The van der Waals surface area contributed by atoms with E-state index >= 15 is 0 Å². The first-order chi connectivity index (χ1) is 12.4. The molecule has 0 saturated carbocycles. The average Bonchev–Trinajstić information content (AvgIpc) is 2.99. The topological polar surface area (TPSA) is 6.48 Å². The van der Waals surface area contributed by atoms with Gasteiger partial charge in [-0.25, -0.2) is 4.39 Å². The molecule has 0 unspecified atom stereocenters. The van der Waals surface area contributed by atoms with E-state index < -0.39 is 0 Å². The summed E-state index contributed by atoms with van der Waals surface area (Å²) >= 11 is 6.63. The van der Waals surface area contributed by atoms with Crippen LogP contribution in [0.3, 0.4) is 0 Å². The smallest absolute Gasteiger partial charge is 0.123 e. The van der Waals surface area contributed by atoms with E-state index in [4.69, 9.17) is 11.6 Å². The zero-order chi connectivity index (χ0) is 18.5. The van der Waals surface area contributed by atoms with Gasteiger partial charge >= 0.3 is 0 Å². The molecule has 0 amide bonds. The minimum Gasteiger partial charge on any atom is -0.299 e. The molecule has 138 valence electrons. The van der Waals surface area contributed by atoms with Crippen molar-refractivity contribution in [3.8, 4) is 0 Å². The van der Waals surface area contributed by atoms with Crippen molar-refractivity contribution in [3.63, 3.8) is 0 Å². The molecule has 1 aliphatic carbocycles. The maximum absolute atomic E-state index is 13.4. The normalized spacial score (nSPS) is 26.0. The number of nitrogens with zero attached hydrogens (tertiary/aromatic N) is 2. The molecule has 2 aromatic carbocycles. The van der Waals surface area contributed by atoms with Gasteiger partial charge in [-0.1, -0.05) is 35.9 Å². The van der Waals surface area contributed by atoms with Gasteiger partial charge in [-0.05, 0) is 62.2 Å². The quantitative estimate of drug-likeness (QED) is 0.725. The number of rotatable bonds is 2.